The molecule has 5 heteroatoms. The van der Waals surface area contributed by atoms with Crippen molar-refractivity contribution in [1.29, 1.82) is 0 Å². The maximum absolute atomic E-state index is 12.4. The quantitative estimate of drug-likeness (QED) is 0.864. The highest BCUT2D eigenvalue weighted by Gasteiger charge is 2.37. The first-order valence-corrected chi connectivity index (χ1v) is 8.19. The van der Waals surface area contributed by atoms with Gasteiger partial charge in [-0.1, -0.05) is 28.1 Å². The SMILES string of the molecule is Cl.O=C(Cc1cccc(Br)c1)N1CCC2(CCNC2)CC1. The zero-order valence-electron chi connectivity index (χ0n) is 12.1. The van der Waals surface area contributed by atoms with Gasteiger partial charge in [0.15, 0.2) is 0 Å². The molecule has 2 aliphatic rings. The number of amides is 1. The number of likely N-dealkylation sites (tertiary alicyclic amines) is 1. The van der Waals surface area contributed by atoms with Crippen LogP contribution in [0.25, 0.3) is 0 Å². The summed E-state index contributed by atoms with van der Waals surface area (Å²) in [7, 11) is 0. The molecular formula is C16H22BrClN2O. The number of benzene rings is 1. The molecule has 2 saturated heterocycles. The molecule has 0 aromatic heterocycles. The summed E-state index contributed by atoms with van der Waals surface area (Å²) in [6, 6.07) is 8.03. The number of halogens is 2. The van der Waals surface area contributed by atoms with Crippen LogP contribution in [0.5, 0.6) is 0 Å². The zero-order valence-corrected chi connectivity index (χ0v) is 14.5. The average molecular weight is 374 g/mol. The second-order valence-corrected chi connectivity index (χ2v) is 7.03. The molecule has 3 nitrogen and oxygen atoms in total. The molecule has 0 atom stereocenters. The van der Waals surface area contributed by atoms with Crippen molar-refractivity contribution in [3.63, 3.8) is 0 Å². The molecule has 0 radical (unpaired) electrons. The fourth-order valence-electron chi connectivity index (χ4n) is 3.39. The van der Waals surface area contributed by atoms with Crippen molar-refractivity contribution in [2.45, 2.75) is 25.7 Å². The molecule has 2 heterocycles. The minimum Gasteiger partial charge on any atom is -0.342 e. The third-order valence-electron chi connectivity index (χ3n) is 4.75. The van der Waals surface area contributed by atoms with E-state index in [1.807, 2.05) is 29.2 Å². The van der Waals surface area contributed by atoms with Crippen molar-refractivity contribution in [2.24, 2.45) is 5.41 Å². The van der Waals surface area contributed by atoms with Gasteiger partial charge in [-0.05, 0) is 48.9 Å². The van der Waals surface area contributed by atoms with Gasteiger partial charge in [-0.15, -0.1) is 12.4 Å². The van der Waals surface area contributed by atoms with Gasteiger partial charge >= 0.3 is 0 Å². The van der Waals surface area contributed by atoms with Crippen LogP contribution in [-0.2, 0) is 11.2 Å². The van der Waals surface area contributed by atoms with E-state index in [0.29, 0.717) is 11.8 Å². The molecule has 2 fully saturated rings. The molecule has 1 aromatic rings. The smallest absolute Gasteiger partial charge is 0.226 e. The van der Waals surface area contributed by atoms with Gasteiger partial charge in [0.1, 0.15) is 0 Å². The highest BCUT2D eigenvalue weighted by atomic mass is 79.9. The molecule has 1 amide bonds. The molecule has 116 valence electrons. The first kappa shape index (κ1) is 16.8. The maximum atomic E-state index is 12.4. The van der Waals surface area contributed by atoms with E-state index < -0.39 is 0 Å². The molecule has 0 saturated carbocycles. The number of hydrogen-bond donors (Lipinski definition) is 1. The van der Waals surface area contributed by atoms with Crippen LogP contribution in [0, 0.1) is 5.41 Å². The second kappa shape index (κ2) is 7.12. The predicted octanol–water partition coefficient (Wildman–Crippen LogP) is 3.02. The fourth-order valence-corrected chi connectivity index (χ4v) is 3.83. The minimum atomic E-state index is 0. The molecule has 1 aromatic carbocycles. The lowest BCUT2D eigenvalue weighted by Gasteiger charge is -2.39. The lowest BCUT2D eigenvalue weighted by Crippen LogP contribution is -2.44. The molecule has 2 aliphatic heterocycles. The van der Waals surface area contributed by atoms with E-state index in [2.05, 4.69) is 21.2 Å². The number of carbonyl (C=O) groups is 1. The standard InChI is InChI=1S/C16H21BrN2O.ClH/c17-14-3-1-2-13(10-14)11-15(20)19-8-5-16(6-9-19)4-7-18-12-16;/h1-3,10,18H,4-9,11-12H2;1H. The van der Waals surface area contributed by atoms with Crippen molar-refractivity contribution in [2.75, 3.05) is 26.2 Å². The Labute approximate surface area is 141 Å². The Morgan fingerprint density at radius 3 is 2.67 bits per heavy atom. The van der Waals surface area contributed by atoms with Crippen LogP contribution in [0.4, 0.5) is 0 Å². The van der Waals surface area contributed by atoms with Crippen LogP contribution < -0.4 is 5.32 Å². The number of piperidine rings is 1. The summed E-state index contributed by atoms with van der Waals surface area (Å²) in [4.78, 5) is 14.4. The van der Waals surface area contributed by atoms with Crippen molar-refractivity contribution < 1.29 is 4.79 Å². The lowest BCUT2D eigenvalue weighted by atomic mass is 9.78. The van der Waals surface area contributed by atoms with Gasteiger partial charge in [0.05, 0.1) is 6.42 Å². The van der Waals surface area contributed by atoms with Crippen molar-refractivity contribution >= 4 is 34.2 Å². The molecule has 1 N–H and O–H groups in total. The van der Waals surface area contributed by atoms with E-state index >= 15 is 0 Å². The monoisotopic (exact) mass is 372 g/mol. The Bertz CT molecular complexity index is 493. The number of nitrogens with one attached hydrogen (secondary N) is 1. The van der Waals surface area contributed by atoms with Gasteiger partial charge in [0.2, 0.25) is 5.91 Å². The minimum absolute atomic E-state index is 0. The number of carbonyl (C=O) groups excluding carboxylic acids is 1. The van der Waals surface area contributed by atoms with E-state index in [1.54, 1.807) is 0 Å². The van der Waals surface area contributed by atoms with Crippen LogP contribution in [-0.4, -0.2) is 37.0 Å². The summed E-state index contributed by atoms with van der Waals surface area (Å²) in [5, 5.41) is 3.46. The van der Waals surface area contributed by atoms with Gasteiger partial charge in [-0.25, -0.2) is 0 Å². The number of nitrogens with zero attached hydrogens (tertiary/aromatic N) is 1. The Kier molecular flexibility index (Phi) is 5.69. The Hall–Kier alpha value is -0.580. The molecule has 0 bridgehead atoms. The van der Waals surface area contributed by atoms with Crippen LogP contribution >= 0.6 is 28.3 Å². The molecule has 21 heavy (non-hydrogen) atoms. The Morgan fingerprint density at radius 1 is 1.29 bits per heavy atom. The lowest BCUT2D eigenvalue weighted by molar-refractivity contribution is -0.132. The average Bonchev–Trinajstić information content (AvgIpc) is 2.88. The summed E-state index contributed by atoms with van der Waals surface area (Å²) in [5.41, 5.74) is 1.57. The Morgan fingerprint density at radius 2 is 2.05 bits per heavy atom. The summed E-state index contributed by atoms with van der Waals surface area (Å²) < 4.78 is 1.04. The van der Waals surface area contributed by atoms with Crippen molar-refractivity contribution in [3.8, 4) is 0 Å². The van der Waals surface area contributed by atoms with Crippen molar-refractivity contribution in [1.82, 2.24) is 10.2 Å². The normalized spacial score (nSPS) is 20.3. The third-order valence-corrected chi connectivity index (χ3v) is 5.25. The first-order valence-electron chi connectivity index (χ1n) is 7.40. The van der Waals surface area contributed by atoms with E-state index in [-0.39, 0.29) is 18.3 Å². The van der Waals surface area contributed by atoms with Gasteiger partial charge in [0.25, 0.3) is 0 Å². The third kappa shape index (κ3) is 3.99. The molecule has 3 rings (SSSR count). The largest absolute Gasteiger partial charge is 0.342 e. The maximum Gasteiger partial charge on any atom is 0.226 e. The van der Waals surface area contributed by atoms with E-state index in [0.717, 1.165) is 49.1 Å². The summed E-state index contributed by atoms with van der Waals surface area (Å²) in [6.07, 6.45) is 4.11. The summed E-state index contributed by atoms with van der Waals surface area (Å²) in [5.74, 6) is 0.268. The molecule has 0 unspecified atom stereocenters. The van der Waals surface area contributed by atoms with Gasteiger partial charge < -0.3 is 10.2 Å². The molecule has 1 spiro atoms. The summed E-state index contributed by atoms with van der Waals surface area (Å²) in [6.45, 7) is 4.13. The fraction of sp³-hybridized carbons (Fsp3) is 0.562. The topological polar surface area (TPSA) is 32.3 Å². The van der Waals surface area contributed by atoms with Crippen molar-refractivity contribution in [3.05, 3.63) is 34.3 Å². The van der Waals surface area contributed by atoms with E-state index in [4.69, 9.17) is 0 Å². The van der Waals surface area contributed by atoms with Crippen LogP contribution in [0.3, 0.4) is 0 Å². The highest BCUT2D eigenvalue weighted by molar-refractivity contribution is 9.10. The first-order chi connectivity index (χ1) is 9.67. The van der Waals surface area contributed by atoms with E-state index in [1.165, 1.54) is 6.42 Å². The second-order valence-electron chi connectivity index (χ2n) is 6.11. The summed E-state index contributed by atoms with van der Waals surface area (Å²) >= 11 is 3.46. The molecule has 0 aliphatic carbocycles. The number of hydrogen-bond acceptors (Lipinski definition) is 2. The van der Waals surface area contributed by atoms with Crippen LogP contribution in [0.15, 0.2) is 28.7 Å². The number of rotatable bonds is 2. The van der Waals surface area contributed by atoms with Crippen LogP contribution in [0.2, 0.25) is 0 Å². The van der Waals surface area contributed by atoms with E-state index in [9.17, 15) is 4.79 Å². The van der Waals surface area contributed by atoms with Gasteiger partial charge in [-0.3, -0.25) is 4.79 Å². The Balaban J connectivity index is 0.00000161. The molecular weight excluding hydrogens is 352 g/mol. The van der Waals surface area contributed by atoms with Gasteiger partial charge in [-0.2, -0.15) is 0 Å². The highest BCUT2D eigenvalue weighted by Crippen LogP contribution is 2.36. The van der Waals surface area contributed by atoms with Crippen LogP contribution in [0.1, 0.15) is 24.8 Å². The van der Waals surface area contributed by atoms with Gasteiger partial charge in [0, 0.05) is 24.1 Å². The predicted molar refractivity (Wildman–Crippen MR) is 90.8 cm³/mol. The zero-order chi connectivity index (χ0) is 14.0.